The van der Waals surface area contributed by atoms with Gasteiger partial charge in [0.1, 0.15) is 61.0 Å². The summed E-state index contributed by atoms with van der Waals surface area (Å²) in [5.41, 5.74) is -4.25. The lowest BCUT2D eigenvalue weighted by Gasteiger charge is -2.66. The highest BCUT2D eigenvalue weighted by Gasteiger charge is 2.77. The van der Waals surface area contributed by atoms with Crippen molar-refractivity contribution in [3.63, 3.8) is 0 Å². The van der Waals surface area contributed by atoms with E-state index < -0.39 is 120 Å². The predicted molar refractivity (Wildman–Crippen MR) is 201 cm³/mol. The molecule has 18 nitrogen and oxygen atoms in total. The fraction of sp³-hybridized carbons (Fsp3) is 0.881. The van der Waals surface area contributed by atoms with Crippen LogP contribution in [0.2, 0.25) is 0 Å². The average Bonchev–Trinajstić information content (AvgIpc) is 3.71. The maximum Gasteiger partial charge on any atom is 0.331 e. The highest BCUT2D eigenvalue weighted by Crippen LogP contribution is 2.70. The number of rotatable bonds is 8. The molecule has 4 aliphatic carbocycles. The molecular formula is C42H62O18. The summed E-state index contributed by atoms with van der Waals surface area (Å²) in [5.74, 6) is -2.02. The molecule has 338 valence electrons. The second kappa shape index (κ2) is 16.1. The van der Waals surface area contributed by atoms with E-state index in [1.807, 2.05) is 6.92 Å². The Morgan fingerprint density at radius 3 is 2.23 bits per heavy atom. The number of aliphatic hydroxyl groups is 7. The second-order valence-corrected chi connectivity index (χ2v) is 19.2. The van der Waals surface area contributed by atoms with Crippen molar-refractivity contribution in [1.82, 2.24) is 0 Å². The van der Waals surface area contributed by atoms with Gasteiger partial charge in [-0.3, -0.25) is 9.59 Å². The van der Waals surface area contributed by atoms with E-state index in [0.717, 1.165) is 0 Å². The molecule has 4 heterocycles. The van der Waals surface area contributed by atoms with Crippen LogP contribution in [0.5, 0.6) is 0 Å². The Morgan fingerprint density at radius 2 is 1.53 bits per heavy atom. The van der Waals surface area contributed by atoms with E-state index in [-0.39, 0.29) is 56.2 Å². The van der Waals surface area contributed by atoms with E-state index in [1.54, 1.807) is 6.92 Å². The molecular weight excluding hydrogens is 792 g/mol. The molecule has 0 radical (unpaired) electrons. The summed E-state index contributed by atoms with van der Waals surface area (Å²) in [6.45, 7) is 8.28. The van der Waals surface area contributed by atoms with Crippen LogP contribution in [0.15, 0.2) is 11.6 Å². The van der Waals surface area contributed by atoms with Crippen LogP contribution in [0.25, 0.3) is 0 Å². The topological polar surface area (TPSA) is 267 Å². The first-order valence-electron chi connectivity index (χ1n) is 21.5. The van der Waals surface area contributed by atoms with E-state index in [9.17, 15) is 50.1 Å². The van der Waals surface area contributed by atoms with Crippen molar-refractivity contribution in [3.8, 4) is 0 Å². The van der Waals surface area contributed by atoms with Gasteiger partial charge in [-0.25, -0.2) is 4.79 Å². The summed E-state index contributed by atoms with van der Waals surface area (Å²) in [6.07, 6.45) is -10.8. The molecule has 8 aliphatic rings. The molecule has 60 heavy (non-hydrogen) atoms. The van der Waals surface area contributed by atoms with Gasteiger partial charge in [0.05, 0.1) is 24.9 Å². The molecule has 0 aromatic carbocycles. The number of Topliss-reactive ketones (excluding diaryl/α,β-unsaturated/α-hetero) is 1. The fourth-order valence-corrected chi connectivity index (χ4v) is 12.6. The number of carbonyl (C=O) groups is 3. The summed E-state index contributed by atoms with van der Waals surface area (Å²) >= 11 is 0. The maximum absolute atomic E-state index is 13.9. The number of carbonyl (C=O) groups excluding carboxylic acids is 3. The molecule has 7 fully saturated rings. The molecule has 21 atom stereocenters. The van der Waals surface area contributed by atoms with Gasteiger partial charge in [0.25, 0.3) is 0 Å². The standard InChI is InChI=1S/C42H62O18/c1-18-31(46)33(48)35(50)38(56-18)59-26-17-54-37(34(49)32(26)47)60-36-19(2)55-30(15-25(36)57-20(3)43)58-23-7-9-39(4)22(13-23)6-11-41(51)27(39)8-10-40(5)24(14-28(44)42(40,41)52)21-12-29(45)53-16-21/h12,18-19,22-27,30-38,46-52H,6-11,13-17H2,1-5H3/t18-,19+,22-,23-,24+,25-,26+,27+,30-,31-,32-,33+,34+,35+,36+,37-,38-,39-,40+,41-,42+/m0/s1. The third kappa shape index (κ3) is 7.09. The Balaban J connectivity index is 0.889. The Labute approximate surface area is 348 Å². The van der Waals surface area contributed by atoms with Crippen molar-refractivity contribution in [1.29, 1.82) is 0 Å². The molecule has 18 heteroatoms. The zero-order valence-electron chi connectivity index (χ0n) is 34.8. The van der Waals surface area contributed by atoms with Crippen LogP contribution in [0.4, 0.5) is 0 Å². The normalized spacial score (nSPS) is 53.1. The Bertz CT molecular complexity index is 1690. The third-order valence-electron chi connectivity index (χ3n) is 16.0. The maximum atomic E-state index is 13.9. The summed E-state index contributed by atoms with van der Waals surface area (Å²) in [5, 5.41) is 77.7. The van der Waals surface area contributed by atoms with Gasteiger partial charge in [-0.1, -0.05) is 13.8 Å². The molecule has 0 bridgehead atoms. The van der Waals surface area contributed by atoms with Crippen molar-refractivity contribution < 1.29 is 88.0 Å². The fourth-order valence-electron chi connectivity index (χ4n) is 12.6. The summed E-state index contributed by atoms with van der Waals surface area (Å²) in [4.78, 5) is 38.2. The first-order valence-corrected chi connectivity index (χ1v) is 21.5. The minimum absolute atomic E-state index is 0.0488. The lowest BCUT2D eigenvalue weighted by molar-refractivity contribution is -0.355. The second-order valence-electron chi connectivity index (χ2n) is 19.2. The van der Waals surface area contributed by atoms with Gasteiger partial charge >= 0.3 is 11.9 Å². The quantitative estimate of drug-likeness (QED) is 0.122. The highest BCUT2D eigenvalue weighted by molar-refractivity contribution is 5.94. The minimum Gasteiger partial charge on any atom is -0.459 e. The Kier molecular flexibility index (Phi) is 11.9. The molecule has 0 unspecified atom stereocenters. The predicted octanol–water partition coefficient (Wildman–Crippen LogP) is -0.335. The Morgan fingerprint density at radius 1 is 0.800 bits per heavy atom. The number of hydrogen-bond acceptors (Lipinski definition) is 18. The first kappa shape index (κ1) is 44.4. The summed E-state index contributed by atoms with van der Waals surface area (Å²) < 4.78 is 46.7. The van der Waals surface area contributed by atoms with E-state index in [1.165, 1.54) is 19.9 Å². The summed E-state index contributed by atoms with van der Waals surface area (Å²) in [6, 6.07) is 0. The molecule has 3 saturated heterocycles. The third-order valence-corrected chi connectivity index (χ3v) is 16.0. The van der Waals surface area contributed by atoms with E-state index in [0.29, 0.717) is 44.1 Å². The lowest BCUT2D eigenvalue weighted by atomic mass is 9.41. The van der Waals surface area contributed by atoms with Crippen molar-refractivity contribution in [3.05, 3.63) is 11.6 Å². The number of hydrogen-bond donors (Lipinski definition) is 7. The molecule has 0 amide bonds. The highest BCUT2D eigenvalue weighted by atomic mass is 16.8. The largest absolute Gasteiger partial charge is 0.459 e. The van der Waals surface area contributed by atoms with Gasteiger partial charge in [0, 0.05) is 31.3 Å². The number of esters is 2. The van der Waals surface area contributed by atoms with Crippen LogP contribution >= 0.6 is 0 Å². The zero-order valence-corrected chi connectivity index (χ0v) is 34.8. The zero-order chi connectivity index (χ0) is 43.3. The van der Waals surface area contributed by atoms with E-state index >= 15 is 0 Å². The number of aliphatic hydroxyl groups excluding tert-OH is 5. The number of cyclic esters (lactones) is 1. The van der Waals surface area contributed by atoms with Crippen molar-refractivity contribution in [2.75, 3.05) is 13.2 Å². The monoisotopic (exact) mass is 854 g/mol. The van der Waals surface area contributed by atoms with Crippen LogP contribution in [0.1, 0.15) is 92.4 Å². The average molecular weight is 855 g/mol. The molecule has 4 saturated carbocycles. The number of ketones is 1. The van der Waals surface area contributed by atoms with Gasteiger partial charge in [-0.2, -0.15) is 0 Å². The van der Waals surface area contributed by atoms with Crippen LogP contribution in [0, 0.1) is 28.6 Å². The molecule has 0 aromatic heterocycles. The first-order chi connectivity index (χ1) is 28.2. The van der Waals surface area contributed by atoms with E-state index in [2.05, 4.69) is 6.92 Å². The molecule has 0 spiro atoms. The van der Waals surface area contributed by atoms with E-state index in [4.69, 9.17) is 37.9 Å². The molecule has 4 aliphatic heterocycles. The van der Waals surface area contributed by atoms with Gasteiger partial charge in [-0.05, 0) is 87.5 Å². The van der Waals surface area contributed by atoms with Gasteiger partial charge in [0.2, 0.25) is 0 Å². The Hall–Kier alpha value is -2.17. The van der Waals surface area contributed by atoms with Crippen LogP contribution < -0.4 is 0 Å². The molecule has 7 N–H and O–H groups in total. The minimum atomic E-state index is -1.97. The van der Waals surface area contributed by atoms with Crippen LogP contribution in [-0.2, 0) is 52.3 Å². The molecule has 0 aromatic rings. The smallest absolute Gasteiger partial charge is 0.331 e. The van der Waals surface area contributed by atoms with Crippen LogP contribution in [-0.4, -0.2) is 164 Å². The number of ether oxygens (including phenoxy) is 8. The van der Waals surface area contributed by atoms with Gasteiger partial charge in [0.15, 0.2) is 30.3 Å². The van der Waals surface area contributed by atoms with Crippen LogP contribution in [0.3, 0.4) is 0 Å². The SMILES string of the molecule is CC(=O)O[C@H]1C[C@H](O[C@H]2CC[C@@]3(C)[C@@H](CC[C@]4(O)[C@@H]3CC[C@]3(C)[C@@H](C5=CC(=O)OC5)CC(=O)[C@@]34O)C2)O[C@H](C)[C@H]1O[C@@H]1OC[C@@H](O[C@@H]2O[C@@H](C)[C@H](O)[C@@H](O)[C@H]2O)[C@H](O)[C@H]1O. The number of fused-ring (bicyclic) bond motifs is 5. The lowest BCUT2D eigenvalue weighted by Crippen LogP contribution is -2.75. The van der Waals surface area contributed by atoms with Gasteiger partial charge in [-0.15, -0.1) is 0 Å². The summed E-state index contributed by atoms with van der Waals surface area (Å²) in [7, 11) is 0. The van der Waals surface area contributed by atoms with Crippen molar-refractivity contribution >= 4 is 17.7 Å². The van der Waals surface area contributed by atoms with Crippen molar-refractivity contribution in [2.45, 2.75) is 190 Å². The van der Waals surface area contributed by atoms with Gasteiger partial charge < -0.3 is 73.6 Å². The molecule has 8 rings (SSSR count). The van der Waals surface area contributed by atoms with Crippen molar-refractivity contribution in [2.24, 2.45) is 28.6 Å².